The number of aliphatic carboxylic acids is 1. The second kappa shape index (κ2) is 18.4. The molecule has 0 saturated carbocycles. The molecule has 1 saturated heterocycles. The van der Waals surface area contributed by atoms with E-state index in [1.54, 1.807) is 30.9 Å². The molecule has 0 aromatic heterocycles. The molecule has 0 amide bonds. The Hall–Kier alpha value is -3.85. The number of carbonyl (C=O) groups is 2. The number of carboxylic acids is 1. The van der Waals surface area contributed by atoms with E-state index in [1.165, 1.54) is 19.4 Å². The molecule has 3 rings (SSSR count). The summed E-state index contributed by atoms with van der Waals surface area (Å²) >= 11 is 0. The third-order valence-corrected chi connectivity index (χ3v) is 7.99. The van der Waals surface area contributed by atoms with Crippen LogP contribution in [-0.4, -0.2) is 148 Å². The standard InChI is InChI=1S/C32H48N4O14/c1-5-19-20(8-7-18-13-36(10-12-38)14-21(27(41)42)24(18)35-31(33)34-9-6-11-37)22(28(43)46-4)16-47-29(19)50-30-26(48-17(2)3)32(44,45)25(40)23(15-39)49-30/h5,7-8,14,16-17,19-20,23,25-26,29-30,37-40,44-45H,1,6,9-13,15H2,2-4H3,(H,41,42)(H3,33,34,35). The van der Waals surface area contributed by atoms with E-state index in [-0.39, 0.29) is 55.7 Å². The fraction of sp³-hybridized carbons (Fsp3) is 0.594. The zero-order valence-corrected chi connectivity index (χ0v) is 28.1. The number of nitrogens with zero attached hydrogens (tertiary/aromatic N) is 2. The summed E-state index contributed by atoms with van der Waals surface area (Å²) in [4.78, 5) is 31.0. The van der Waals surface area contributed by atoms with Crippen LogP contribution in [-0.2, 0) is 33.3 Å². The Bertz CT molecular complexity index is 1360. The van der Waals surface area contributed by atoms with Gasteiger partial charge in [0, 0.05) is 38.4 Å². The summed E-state index contributed by atoms with van der Waals surface area (Å²) in [6.45, 7) is 6.27. The van der Waals surface area contributed by atoms with Crippen molar-refractivity contribution in [3.8, 4) is 0 Å². The average molecular weight is 713 g/mol. The number of carboxylic acid groups (broad SMARTS) is 1. The van der Waals surface area contributed by atoms with E-state index < -0.39 is 73.2 Å². The van der Waals surface area contributed by atoms with Gasteiger partial charge in [0.25, 0.3) is 0 Å². The summed E-state index contributed by atoms with van der Waals surface area (Å²) in [5.41, 5.74) is 6.34. The zero-order chi connectivity index (χ0) is 37.2. The first-order valence-corrected chi connectivity index (χ1v) is 15.9. The van der Waals surface area contributed by atoms with Crippen LogP contribution in [0.3, 0.4) is 0 Å². The number of hydrogen-bond donors (Lipinski definition) is 9. The zero-order valence-electron chi connectivity index (χ0n) is 28.1. The number of nitrogens with two attached hydrogens (primary N) is 1. The Morgan fingerprint density at radius 3 is 2.54 bits per heavy atom. The molecule has 3 heterocycles. The lowest BCUT2D eigenvalue weighted by molar-refractivity contribution is -0.413. The van der Waals surface area contributed by atoms with Crippen molar-refractivity contribution in [1.29, 1.82) is 0 Å². The van der Waals surface area contributed by atoms with Gasteiger partial charge < -0.3 is 75.4 Å². The van der Waals surface area contributed by atoms with E-state index in [2.05, 4.69) is 16.9 Å². The molecule has 0 aromatic rings. The van der Waals surface area contributed by atoms with Crippen LogP contribution >= 0.6 is 0 Å². The van der Waals surface area contributed by atoms with Crippen molar-refractivity contribution in [1.82, 2.24) is 10.2 Å². The summed E-state index contributed by atoms with van der Waals surface area (Å²) < 4.78 is 28.1. The SMILES string of the molecule is C=CC1C(OC2OC(CO)C(O)C(O)(O)C2OC(C)C)OC=C(C(=O)OC)C1C=CC1=C(NC(N)=NCCCO)C(C(=O)O)=CN(CCO)C1. The van der Waals surface area contributed by atoms with E-state index >= 15 is 0 Å². The van der Waals surface area contributed by atoms with E-state index in [1.807, 2.05) is 0 Å². The van der Waals surface area contributed by atoms with Crippen LogP contribution in [0.25, 0.3) is 0 Å². The lowest BCUT2D eigenvalue weighted by atomic mass is 9.83. The topological polar surface area (TPSA) is 276 Å². The number of esters is 1. The van der Waals surface area contributed by atoms with Crippen LogP contribution in [0.4, 0.5) is 0 Å². The normalized spacial score (nSPS) is 28.6. The molecule has 10 N–H and O–H groups in total. The van der Waals surface area contributed by atoms with Crippen molar-refractivity contribution in [2.24, 2.45) is 22.6 Å². The molecular formula is C32H48N4O14. The van der Waals surface area contributed by atoms with Crippen molar-refractivity contribution in [2.75, 3.05) is 46.6 Å². The van der Waals surface area contributed by atoms with Crippen LogP contribution in [0.1, 0.15) is 20.3 Å². The van der Waals surface area contributed by atoms with Crippen molar-refractivity contribution in [3.63, 3.8) is 0 Å². The molecule has 7 atom stereocenters. The Morgan fingerprint density at radius 1 is 1.24 bits per heavy atom. The molecule has 7 unspecified atom stereocenters. The van der Waals surface area contributed by atoms with Gasteiger partial charge in [-0.25, -0.2) is 9.59 Å². The lowest BCUT2D eigenvalue weighted by Crippen LogP contribution is -2.69. The van der Waals surface area contributed by atoms with E-state index in [4.69, 9.17) is 34.5 Å². The van der Waals surface area contributed by atoms with Crippen molar-refractivity contribution >= 4 is 17.9 Å². The van der Waals surface area contributed by atoms with Gasteiger partial charge in [-0.05, 0) is 25.8 Å². The van der Waals surface area contributed by atoms with Crippen molar-refractivity contribution in [3.05, 3.63) is 59.7 Å². The molecule has 0 spiro atoms. The van der Waals surface area contributed by atoms with Crippen LogP contribution in [0.2, 0.25) is 0 Å². The van der Waals surface area contributed by atoms with E-state index in [0.29, 0.717) is 12.0 Å². The van der Waals surface area contributed by atoms with Crippen LogP contribution in [0.15, 0.2) is 64.7 Å². The molecule has 280 valence electrons. The summed E-state index contributed by atoms with van der Waals surface area (Å²) in [7, 11) is 1.17. The van der Waals surface area contributed by atoms with Gasteiger partial charge in [-0.1, -0.05) is 18.2 Å². The third kappa shape index (κ3) is 9.68. The fourth-order valence-electron chi connectivity index (χ4n) is 5.54. The molecule has 50 heavy (non-hydrogen) atoms. The highest BCUT2D eigenvalue weighted by atomic mass is 16.8. The van der Waals surface area contributed by atoms with Gasteiger partial charge in [-0.2, -0.15) is 0 Å². The summed E-state index contributed by atoms with van der Waals surface area (Å²) in [6.07, 6.45) is -1.34. The number of β-amino-alcohol motifs (C(OH)–C–C–N with tert-alkyl or cyclic N) is 1. The second-order valence-corrected chi connectivity index (χ2v) is 11.9. The number of aliphatic hydroxyl groups is 6. The highest BCUT2D eigenvalue weighted by Crippen LogP contribution is 2.38. The van der Waals surface area contributed by atoms with Gasteiger partial charge in [-0.15, -0.1) is 6.58 Å². The molecule has 18 heteroatoms. The Morgan fingerprint density at radius 2 is 1.96 bits per heavy atom. The number of methoxy groups -OCH3 is 1. The minimum atomic E-state index is -2.92. The van der Waals surface area contributed by atoms with Crippen molar-refractivity contribution < 1.29 is 69.0 Å². The molecular weight excluding hydrogens is 664 g/mol. The molecule has 0 aromatic carbocycles. The van der Waals surface area contributed by atoms with Crippen LogP contribution < -0.4 is 11.1 Å². The maximum Gasteiger partial charge on any atom is 0.339 e. The van der Waals surface area contributed by atoms with Gasteiger partial charge in [0.05, 0.1) is 55.5 Å². The molecule has 18 nitrogen and oxygen atoms in total. The smallest absolute Gasteiger partial charge is 0.339 e. The number of guanidine groups is 1. The average Bonchev–Trinajstić information content (AvgIpc) is 3.07. The number of nitrogens with one attached hydrogen (secondary N) is 1. The number of hydrogen-bond acceptors (Lipinski definition) is 15. The number of aliphatic hydroxyl groups excluding tert-OH is 4. The monoisotopic (exact) mass is 712 g/mol. The minimum absolute atomic E-state index is 0.0209. The largest absolute Gasteiger partial charge is 0.478 e. The maximum absolute atomic E-state index is 12.9. The first kappa shape index (κ1) is 40.6. The Labute approximate surface area is 289 Å². The molecule has 0 bridgehead atoms. The number of allylic oxidation sites excluding steroid dienone is 1. The Kier molecular flexibility index (Phi) is 14.9. The number of ether oxygens (including phenoxy) is 5. The number of carbonyl (C=O) groups excluding carboxylic acids is 1. The summed E-state index contributed by atoms with van der Waals surface area (Å²) in [5.74, 6) is -6.91. The predicted octanol–water partition coefficient (Wildman–Crippen LogP) is -2.24. The third-order valence-electron chi connectivity index (χ3n) is 7.99. The van der Waals surface area contributed by atoms with Crippen molar-refractivity contribution in [2.45, 2.75) is 63.1 Å². The first-order chi connectivity index (χ1) is 23.7. The molecule has 0 aliphatic carbocycles. The van der Waals surface area contributed by atoms with Gasteiger partial charge in [0.1, 0.15) is 12.2 Å². The van der Waals surface area contributed by atoms with E-state index in [0.717, 1.165) is 6.26 Å². The van der Waals surface area contributed by atoms with Gasteiger partial charge in [-0.3, -0.25) is 4.99 Å². The van der Waals surface area contributed by atoms with Gasteiger partial charge in [0.2, 0.25) is 12.1 Å². The second-order valence-electron chi connectivity index (χ2n) is 11.9. The lowest BCUT2D eigenvalue weighted by Gasteiger charge is -2.48. The fourth-order valence-corrected chi connectivity index (χ4v) is 5.54. The van der Waals surface area contributed by atoms with Crippen LogP contribution in [0, 0.1) is 11.8 Å². The Balaban J connectivity index is 2.07. The molecule has 1 fully saturated rings. The molecule has 3 aliphatic rings. The number of rotatable bonds is 16. The van der Waals surface area contributed by atoms with Gasteiger partial charge in [0.15, 0.2) is 18.4 Å². The van der Waals surface area contributed by atoms with E-state index in [9.17, 15) is 40.2 Å². The highest BCUT2D eigenvalue weighted by molar-refractivity contribution is 5.95. The first-order valence-electron chi connectivity index (χ1n) is 15.9. The molecule has 3 aliphatic heterocycles. The quantitative estimate of drug-likeness (QED) is 0.0204. The summed E-state index contributed by atoms with van der Waals surface area (Å²) in [6, 6.07) is 0. The summed E-state index contributed by atoms with van der Waals surface area (Å²) in [5, 5.41) is 73.5. The molecule has 0 radical (unpaired) electrons. The van der Waals surface area contributed by atoms with Crippen LogP contribution in [0.5, 0.6) is 0 Å². The highest BCUT2D eigenvalue weighted by Gasteiger charge is 2.57. The van der Waals surface area contributed by atoms with Gasteiger partial charge >= 0.3 is 11.9 Å². The predicted molar refractivity (Wildman–Crippen MR) is 174 cm³/mol. The number of aliphatic imine (C=N–C) groups is 1. The maximum atomic E-state index is 12.9. The minimum Gasteiger partial charge on any atom is -0.478 e.